The maximum atomic E-state index is 13.6. The number of aromatic nitrogens is 2. The fraction of sp³-hybridized carbons (Fsp3) is 0.375. The van der Waals surface area contributed by atoms with Crippen LogP contribution in [0.1, 0.15) is 19.4 Å². The predicted octanol–water partition coefficient (Wildman–Crippen LogP) is 2.16. The molecule has 0 unspecified atom stereocenters. The normalized spacial score (nSPS) is 11.8. The zero-order valence-corrected chi connectivity index (χ0v) is 14.8. The summed E-state index contributed by atoms with van der Waals surface area (Å²) in [5.74, 6) is -1.75. The Labute approximate surface area is 144 Å². The Morgan fingerprint density at radius 1 is 1.24 bits per heavy atom. The lowest BCUT2D eigenvalue weighted by Crippen LogP contribution is -2.28. The molecular formula is C16H18F2N2O4S. The number of benzene rings is 1. The molecule has 25 heavy (non-hydrogen) atoms. The molecule has 2 rings (SSSR count). The SMILES string of the molecule is CC(C)Cn1c(S(C)(=O)=O)nc(OCc2ccc(F)cc2F)cc1=O. The number of halogens is 2. The van der Waals surface area contributed by atoms with Crippen LogP contribution >= 0.6 is 0 Å². The topological polar surface area (TPSA) is 78.3 Å². The van der Waals surface area contributed by atoms with Gasteiger partial charge in [-0.2, -0.15) is 4.98 Å². The molecule has 0 aliphatic heterocycles. The molecule has 9 heteroatoms. The molecule has 0 N–H and O–H groups in total. The van der Waals surface area contributed by atoms with Gasteiger partial charge in [-0.05, 0) is 18.1 Å². The zero-order valence-electron chi connectivity index (χ0n) is 14.0. The van der Waals surface area contributed by atoms with Crippen molar-refractivity contribution in [2.45, 2.75) is 32.2 Å². The van der Waals surface area contributed by atoms with E-state index in [0.717, 1.165) is 23.0 Å². The van der Waals surface area contributed by atoms with Gasteiger partial charge in [0.15, 0.2) is 0 Å². The van der Waals surface area contributed by atoms with Crippen molar-refractivity contribution in [1.29, 1.82) is 0 Å². The molecule has 1 aromatic heterocycles. The molecule has 0 aliphatic rings. The van der Waals surface area contributed by atoms with E-state index < -0.39 is 32.2 Å². The first kappa shape index (κ1) is 19.0. The summed E-state index contributed by atoms with van der Waals surface area (Å²) in [4.78, 5) is 16.1. The Morgan fingerprint density at radius 2 is 1.92 bits per heavy atom. The van der Waals surface area contributed by atoms with Gasteiger partial charge in [0.05, 0.1) is 6.07 Å². The Balaban J connectivity index is 2.36. The molecule has 1 aromatic carbocycles. The van der Waals surface area contributed by atoms with E-state index in [1.807, 2.05) is 13.8 Å². The van der Waals surface area contributed by atoms with Gasteiger partial charge in [0, 0.05) is 24.4 Å². The molecule has 0 amide bonds. The van der Waals surface area contributed by atoms with Gasteiger partial charge in [-0.1, -0.05) is 13.8 Å². The molecule has 0 spiro atoms. The van der Waals surface area contributed by atoms with Gasteiger partial charge < -0.3 is 4.74 Å². The lowest BCUT2D eigenvalue weighted by molar-refractivity contribution is 0.280. The molecule has 0 aliphatic carbocycles. The lowest BCUT2D eigenvalue weighted by atomic mass is 10.2. The van der Waals surface area contributed by atoms with Gasteiger partial charge in [-0.3, -0.25) is 9.36 Å². The number of hydrogen-bond donors (Lipinski definition) is 0. The van der Waals surface area contributed by atoms with Gasteiger partial charge in [0.2, 0.25) is 20.9 Å². The first-order valence-corrected chi connectivity index (χ1v) is 9.35. The van der Waals surface area contributed by atoms with Crippen molar-refractivity contribution >= 4 is 9.84 Å². The average Bonchev–Trinajstić information content (AvgIpc) is 2.47. The molecule has 0 atom stereocenters. The summed E-state index contributed by atoms with van der Waals surface area (Å²) in [5, 5.41) is -0.414. The summed E-state index contributed by atoms with van der Waals surface area (Å²) in [5.41, 5.74) is -0.533. The molecule has 0 saturated carbocycles. The van der Waals surface area contributed by atoms with Crippen LogP contribution in [0, 0.1) is 17.6 Å². The van der Waals surface area contributed by atoms with Gasteiger partial charge in [-0.25, -0.2) is 17.2 Å². The highest BCUT2D eigenvalue weighted by atomic mass is 32.2. The van der Waals surface area contributed by atoms with Crippen molar-refractivity contribution < 1.29 is 21.9 Å². The smallest absolute Gasteiger partial charge is 0.258 e. The van der Waals surface area contributed by atoms with Crippen molar-refractivity contribution in [3.05, 3.63) is 51.8 Å². The largest absolute Gasteiger partial charge is 0.472 e. The van der Waals surface area contributed by atoms with Crippen LogP contribution in [0.25, 0.3) is 0 Å². The van der Waals surface area contributed by atoms with E-state index in [0.29, 0.717) is 6.07 Å². The standard InChI is InChI=1S/C16H18F2N2O4S/c1-10(2)8-20-15(21)7-14(19-16(20)25(3,22)23)24-9-11-4-5-12(17)6-13(11)18/h4-7,10H,8-9H2,1-3H3. The first-order chi connectivity index (χ1) is 11.6. The molecule has 1 heterocycles. The van der Waals surface area contributed by atoms with Gasteiger partial charge in [0.1, 0.15) is 18.2 Å². The highest BCUT2D eigenvalue weighted by molar-refractivity contribution is 7.90. The van der Waals surface area contributed by atoms with Crippen molar-refractivity contribution in [2.75, 3.05) is 6.26 Å². The minimum absolute atomic E-state index is 0.0279. The maximum Gasteiger partial charge on any atom is 0.258 e. The second-order valence-electron chi connectivity index (χ2n) is 6.02. The van der Waals surface area contributed by atoms with Crippen LogP contribution in [0.15, 0.2) is 34.2 Å². The number of rotatable bonds is 6. The predicted molar refractivity (Wildman–Crippen MR) is 87.1 cm³/mol. The Hall–Kier alpha value is -2.29. The number of hydrogen-bond acceptors (Lipinski definition) is 5. The molecule has 0 saturated heterocycles. The van der Waals surface area contributed by atoms with Gasteiger partial charge in [0.25, 0.3) is 5.56 Å². The molecule has 0 bridgehead atoms. The minimum atomic E-state index is -3.77. The summed E-state index contributed by atoms with van der Waals surface area (Å²) in [6.07, 6.45) is 0.940. The highest BCUT2D eigenvalue weighted by Gasteiger charge is 2.19. The van der Waals surface area contributed by atoms with Crippen molar-refractivity contribution in [1.82, 2.24) is 9.55 Å². The van der Waals surface area contributed by atoms with E-state index in [4.69, 9.17) is 4.74 Å². The number of sulfone groups is 1. The fourth-order valence-electron chi connectivity index (χ4n) is 2.15. The van der Waals surface area contributed by atoms with Crippen LogP contribution in [0.5, 0.6) is 5.88 Å². The second-order valence-corrected chi connectivity index (χ2v) is 7.93. The summed E-state index contributed by atoms with van der Waals surface area (Å²) < 4.78 is 56.6. The first-order valence-electron chi connectivity index (χ1n) is 7.46. The van der Waals surface area contributed by atoms with E-state index in [2.05, 4.69) is 4.98 Å². The zero-order chi connectivity index (χ0) is 18.8. The quantitative estimate of drug-likeness (QED) is 0.726. The average molecular weight is 372 g/mol. The molecule has 6 nitrogen and oxygen atoms in total. The molecular weight excluding hydrogens is 354 g/mol. The fourth-order valence-corrected chi connectivity index (χ4v) is 2.97. The van der Waals surface area contributed by atoms with E-state index >= 15 is 0 Å². The summed E-state index contributed by atoms with van der Waals surface area (Å²) in [7, 11) is -3.77. The van der Waals surface area contributed by atoms with E-state index in [-0.39, 0.29) is 30.5 Å². The van der Waals surface area contributed by atoms with E-state index in [1.54, 1.807) is 0 Å². The van der Waals surface area contributed by atoms with E-state index in [1.165, 1.54) is 6.07 Å². The van der Waals surface area contributed by atoms with Crippen LogP contribution in [0.2, 0.25) is 0 Å². The van der Waals surface area contributed by atoms with E-state index in [9.17, 15) is 22.0 Å². The van der Waals surface area contributed by atoms with Crippen molar-refractivity contribution in [3.63, 3.8) is 0 Å². The Kier molecular flexibility index (Phi) is 5.56. The van der Waals surface area contributed by atoms with Crippen LogP contribution in [-0.4, -0.2) is 24.2 Å². The van der Waals surface area contributed by atoms with Gasteiger partial charge in [-0.15, -0.1) is 0 Å². The van der Waals surface area contributed by atoms with Crippen molar-refractivity contribution in [3.8, 4) is 5.88 Å². The van der Waals surface area contributed by atoms with Crippen LogP contribution in [0.4, 0.5) is 8.78 Å². The lowest BCUT2D eigenvalue weighted by Gasteiger charge is -2.14. The third-order valence-electron chi connectivity index (χ3n) is 3.22. The monoisotopic (exact) mass is 372 g/mol. The van der Waals surface area contributed by atoms with Crippen molar-refractivity contribution in [2.24, 2.45) is 5.92 Å². The maximum absolute atomic E-state index is 13.6. The van der Waals surface area contributed by atoms with Gasteiger partial charge >= 0.3 is 0 Å². The number of nitrogens with zero attached hydrogens (tertiary/aromatic N) is 2. The van der Waals surface area contributed by atoms with Crippen LogP contribution in [0.3, 0.4) is 0 Å². The highest BCUT2D eigenvalue weighted by Crippen LogP contribution is 2.15. The summed E-state index contributed by atoms with van der Waals surface area (Å²) >= 11 is 0. The van der Waals surface area contributed by atoms with Crippen LogP contribution < -0.4 is 10.3 Å². The minimum Gasteiger partial charge on any atom is -0.472 e. The molecule has 0 radical (unpaired) electrons. The molecule has 0 fully saturated rings. The summed E-state index contributed by atoms with van der Waals surface area (Å²) in [6, 6.07) is 4.01. The third-order valence-corrected chi connectivity index (χ3v) is 4.19. The molecule has 2 aromatic rings. The summed E-state index contributed by atoms with van der Waals surface area (Å²) in [6.45, 7) is 3.53. The second kappa shape index (κ2) is 7.30. The number of ether oxygens (including phenoxy) is 1. The Morgan fingerprint density at radius 3 is 2.48 bits per heavy atom. The molecule has 136 valence electrons. The van der Waals surface area contributed by atoms with Crippen LogP contribution in [-0.2, 0) is 23.0 Å². The Bertz CT molecular complexity index is 940. The third kappa shape index (κ3) is 4.85.